The molecule has 2 aliphatic heterocycles. The lowest BCUT2D eigenvalue weighted by atomic mass is 9.85. The Morgan fingerprint density at radius 3 is 2.53 bits per heavy atom. The average molecular weight is 920 g/mol. The Hall–Kier alpha value is -5.37. The number of hydrogen-bond donors (Lipinski definition) is 3. The van der Waals surface area contributed by atoms with Gasteiger partial charge < -0.3 is 35.0 Å². The van der Waals surface area contributed by atoms with Gasteiger partial charge in [0.2, 0.25) is 23.5 Å². The van der Waals surface area contributed by atoms with Crippen molar-refractivity contribution in [3.63, 3.8) is 0 Å². The van der Waals surface area contributed by atoms with Crippen LogP contribution in [-0.4, -0.2) is 110 Å². The second-order valence-corrected chi connectivity index (χ2v) is 18.9. The summed E-state index contributed by atoms with van der Waals surface area (Å²) in [6, 6.07) is 8.22. The first-order chi connectivity index (χ1) is 30.7. The fraction of sp³-hybridized carbons (Fsp3) is 0.489. The minimum Gasteiger partial charge on any atom is -0.489 e. The molecule has 0 unspecified atom stereocenters. The molecule has 2 fully saturated rings. The molecule has 2 aromatic carbocycles. The molecule has 15 nitrogen and oxygen atoms in total. The van der Waals surface area contributed by atoms with Crippen LogP contribution < -0.4 is 20.3 Å². The van der Waals surface area contributed by atoms with E-state index in [2.05, 4.69) is 35.8 Å². The van der Waals surface area contributed by atoms with Gasteiger partial charge in [-0.25, -0.2) is 19.0 Å². The maximum absolute atomic E-state index is 15.1. The summed E-state index contributed by atoms with van der Waals surface area (Å²) in [5, 5.41) is 27.4. The highest BCUT2D eigenvalue weighted by atomic mass is 32.1. The first kappa shape index (κ1) is 46.6. The van der Waals surface area contributed by atoms with Crippen molar-refractivity contribution >= 4 is 45.5 Å². The van der Waals surface area contributed by atoms with Gasteiger partial charge >= 0.3 is 0 Å². The van der Waals surface area contributed by atoms with E-state index in [9.17, 15) is 23.9 Å². The van der Waals surface area contributed by atoms with Crippen molar-refractivity contribution < 1.29 is 37.7 Å². The number of amides is 3. The van der Waals surface area contributed by atoms with Crippen LogP contribution in [0.2, 0.25) is 0 Å². The summed E-state index contributed by atoms with van der Waals surface area (Å²) in [6.45, 7) is 12.4. The Labute approximate surface area is 379 Å². The van der Waals surface area contributed by atoms with Crippen molar-refractivity contribution in [2.45, 2.75) is 97.5 Å². The Morgan fingerprint density at radius 1 is 1.05 bits per heavy atom. The van der Waals surface area contributed by atoms with Crippen molar-refractivity contribution in [3.05, 3.63) is 82.1 Å². The summed E-state index contributed by atoms with van der Waals surface area (Å²) in [6.07, 6.45) is 2.24. The van der Waals surface area contributed by atoms with Crippen LogP contribution in [0.15, 0.2) is 53.5 Å². The molecule has 5 aromatic rings. The van der Waals surface area contributed by atoms with Crippen LogP contribution in [0, 0.1) is 24.0 Å². The molecule has 0 bridgehead atoms. The molecule has 5 heterocycles. The smallest absolute Gasteiger partial charge is 0.246 e. The number of β-amino-alcohol motifs (C(OH)–C–C–N with tert-alkyl or cyclic N) is 1. The summed E-state index contributed by atoms with van der Waals surface area (Å²) in [7, 11) is 0. The number of likely N-dealkylation sites (tertiary alicyclic amines) is 1. The fourth-order valence-corrected chi connectivity index (χ4v) is 9.57. The average Bonchev–Trinajstić information content (AvgIpc) is 4.11. The number of aliphatic hydroxyl groups excluding tert-OH is 1. The van der Waals surface area contributed by atoms with Crippen molar-refractivity contribution in [1.29, 1.82) is 0 Å². The van der Waals surface area contributed by atoms with Gasteiger partial charge in [0.25, 0.3) is 0 Å². The number of hydrogen-bond acceptors (Lipinski definition) is 13. The molecule has 3 N–H and O–H groups in total. The summed E-state index contributed by atoms with van der Waals surface area (Å²) in [5.41, 5.74) is 5.55. The molecular weight excluding hydrogens is 865 g/mol. The van der Waals surface area contributed by atoms with E-state index in [0.29, 0.717) is 69.1 Å². The van der Waals surface area contributed by atoms with E-state index in [1.807, 2.05) is 64.4 Å². The maximum atomic E-state index is 15.1. The summed E-state index contributed by atoms with van der Waals surface area (Å²) in [5.74, 6) is -3.46. The molecule has 0 aliphatic carbocycles. The minimum atomic E-state index is -1.09. The molecule has 3 aromatic heterocycles. The normalized spacial score (nSPS) is 17.6. The van der Waals surface area contributed by atoms with Crippen LogP contribution in [0.3, 0.4) is 0 Å². The number of benzene rings is 2. The second-order valence-electron chi connectivity index (χ2n) is 17.2. The highest BCUT2D eigenvalue weighted by Gasteiger charge is 2.44. The molecule has 0 saturated carbocycles. The van der Waals surface area contributed by atoms with Gasteiger partial charge in [0.05, 0.1) is 65.6 Å². The number of nitrogens with one attached hydrogen (secondary N) is 2. The Bertz CT molecular complexity index is 2390. The first-order valence-electron chi connectivity index (χ1n) is 21.5. The third kappa shape index (κ3) is 11.1. The molecule has 0 radical (unpaired) electrons. The van der Waals surface area contributed by atoms with Crippen molar-refractivity contribution in [2.75, 3.05) is 44.4 Å². The van der Waals surface area contributed by atoms with Gasteiger partial charge in [-0.1, -0.05) is 50.3 Å². The summed E-state index contributed by atoms with van der Waals surface area (Å²) in [4.78, 5) is 54.8. The number of nitrogens with zero attached hydrogens (tertiary/aromatic N) is 7. The van der Waals surface area contributed by atoms with Crippen LogP contribution in [0.1, 0.15) is 76.4 Å². The predicted molar refractivity (Wildman–Crippen MR) is 240 cm³/mol. The van der Waals surface area contributed by atoms with Gasteiger partial charge in [-0.05, 0) is 55.4 Å². The van der Waals surface area contributed by atoms with E-state index < -0.39 is 41.1 Å². The summed E-state index contributed by atoms with van der Waals surface area (Å²) < 4.78 is 42.5. The number of ether oxygens (including phenoxy) is 2. The van der Waals surface area contributed by atoms with Crippen LogP contribution in [0.25, 0.3) is 21.7 Å². The maximum Gasteiger partial charge on any atom is 0.246 e. The first-order valence-corrected chi connectivity index (χ1v) is 23.3. The van der Waals surface area contributed by atoms with Crippen molar-refractivity contribution in [3.8, 4) is 27.4 Å². The molecule has 342 valence electrons. The zero-order chi connectivity index (χ0) is 45.5. The molecule has 0 spiro atoms. The van der Waals surface area contributed by atoms with E-state index in [-0.39, 0.29) is 49.6 Å². The van der Waals surface area contributed by atoms with Crippen LogP contribution in [-0.2, 0) is 32.1 Å². The number of morpholine rings is 1. The number of unbranched alkanes of at least 4 members (excludes halogenated alkanes) is 1. The molecular formula is C45H55F2N9O6S2. The quantitative estimate of drug-likeness (QED) is 0.0918. The number of carbonyl (C=O) groups is 3. The van der Waals surface area contributed by atoms with E-state index in [0.717, 1.165) is 32.9 Å². The molecule has 2 saturated heterocycles. The molecule has 2 aliphatic rings. The van der Waals surface area contributed by atoms with Crippen molar-refractivity contribution in [1.82, 2.24) is 40.5 Å². The van der Waals surface area contributed by atoms with Crippen LogP contribution in [0.4, 0.5) is 13.9 Å². The molecule has 64 heavy (non-hydrogen) atoms. The van der Waals surface area contributed by atoms with Gasteiger partial charge in [0.1, 0.15) is 12.1 Å². The highest BCUT2D eigenvalue weighted by Crippen LogP contribution is 2.37. The fourth-order valence-electron chi connectivity index (χ4n) is 7.88. The molecule has 7 rings (SSSR count). The van der Waals surface area contributed by atoms with Crippen molar-refractivity contribution in [2.24, 2.45) is 5.41 Å². The molecule has 3 amide bonds. The molecule has 4 atom stereocenters. The topological polar surface area (TPSA) is 177 Å². The van der Waals surface area contributed by atoms with Gasteiger partial charge in [-0.2, -0.15) is 4.39 Å². The number of anilines is 1. The highest BCUT2D eigenvalue weighted by molar-refractivity contribution is 7.14. The molecule has 19 heteroatoms. The van der Waals surface area contributed by atoms with Gasteiger partial charge in [0, 0.05) is 56.4 Å². The number of rotatable bonds is 17. The number of aliphatic hydroxyl groups is 1. The van der Waals surface area contributed by atoms with E-state index in [1.54, 1.807) is 27.6 Å². The summed E-state index contributed by atoms with van der Waals surface area (Å²) >= 11 is 2.99. The largest absolute Gasteiger partial charge is 0.489 e. The number of carbonyl (C=O) groups excluding carboxylic acids is 3. The lowest BCUT2D eigenvalue weighted by Gasteiger charge is -2.35. The van der Waals surface area contributed by atoms with Gasteiger partial charge in [-0.3, -0.25) is 14.4 Å². The third-order valence-electron chi connectivity index (χ3n) is 11.5. The van der Waals surface area contributed by atoms with Gasteiger partial charge in [-0.15, -0.1) is 27.8 Å². The Kier molecular flexibility index (Phi) is 15.0. The van der Waals surface area contributed by atoms with E-state index >= 15 is 4.39 Å². The predicted octanol–water partition coefficient (Wildman–Crippen LogP) is 6.11. The number of thiazole rings is 2. The number of aromatic nitrogens is 5. The Morgan fingerprint density at radius 2 is 1.81 bits per heavy atom. The number of halogens is 2. The van der Waals surface area contributed by atoms with Crippen LogP contribution in [0.5, 0.6) is 5.75 Å². The minimum absolute atomic E-state index is 0.0174. The third-order valence-corrected chi connectivity index (χ3v) is 13.4. The monoisotopic (exact) mass is 919 g/mol. The standard InChI is InChI=1S/C45H55F2N9O6S2/c1-27(29-9-11-30(12-10-29)40-28(2)48-26-64-40)50-42(59)36-22-32(57)24-55(36)43(60)41(45(3,4)5)52-37(58)8-6-7-16-56-31(23-49-53-56)15-19-62-39-33(13-14-34(46)38(39)47)35-25-63-44(51-35)54-17-20-61-21-18-54/h9-14,23,25-27,32,36,41,57H,6-8,15-22,24H2,1-5H3,(H,50,59)(H,52,58)/t27-,32+,36-,41+/m0/s1. The lowest BCUT2D eigenvalue weighted by Crippen LogP contribution is -2.57. The lowest BCUT2D eigenvalue weighted by molar-refractivity contribution is -0.144. The number of aryl methyl sites for hydroxylation is 2. The Balaban J connectivity index is 0.893. The van der Waals surface area contributed by atoms with E-state index in [1.165, 1.54) is 22.3 Å². The zero-order valence-corrected chi connectivity index (χ0v) is 38.3. The van der Waals surface area contributed by atoms with Gasteiger partial charge in [0.15, 0.2) is 16.7 Å². The SMILES string of the molecule is Cc1ncsc1-c1ccc([C@H](C)NC(=O)[C@@H]2C[C@@H](O)CN2C(=O)[C@@H](NC(=O)CCCCn2nncc2CCOc2c(-c3csc(N4CCOCC4)n3)ccc(F)c2F)C(C)(C)C)cc1. The zero-order valence-electron chi connectivity index (χ0n) is 36.7. The second kappa shape index (κ2) is 20.6. The van der Waals surface area contributed by atoms with Crippen LogP contribution >= 0.6 is 22.7 Å². The van der Waals surface area contributed by atoms with E-state index in [4.69, 9.17) is 9.47 Å².